The molecular weight excluding hydrogens is 364 g/mol. The summed E-state index contributed by atoms with van der Waals surface area (Å²) in [6.07, 6.45) is 2.20. The molecule has 1 fully saturated rings. The van der Waals surface area contributed by atoms with Crippen molar-refractivity contribution >= 4 is 40.2 Å². The first-order chi connectivity index (χ1) is 13.2. The predicted octanol–water partition coefficient (Wildman–Crippen LogP) is 4.14. The van der Waals surface area contributed by atoms with Gasteiger partial charge >= 0.3 is 0 Å². The SMILES string of the molecule is COc1ccc(Cl)cc1C(=O)Nc1nc2ccccc2nc1N1CCCC1. The monoisotopic (exact) mass is 382 g/mol. The summed E-state index contributed by atoms with van der Waals surface area (Å²) < 4.78 is 5.29. The van der Waals surface area contributed by atoms with Crippen LogP contribution in [0.2, 0.25) is 5.02 Å². The number of fused-ring (bicyclic) bond motifs is 1. The summed E-state index contributed by atoms with van der Waals surface area (Å²) in [5.41, 5.74) is 1.89. The molecule has 1 amide bonds. The first kappa shape index (κ1) is 17.5. The minimum Gasteiger partial charge on any atom is -0.496 e. The Morgan fingerprint density at radius 1 is 1.11 bits per heavy atom. The fourth-order valence-corrected chi connectivity index (χ4v) is 3.43. The Bertz CT molecular complexity index is 1000. The molecule has 1 N–H and O–H groups in total. The van der Waals surface area contributed by atoms with E-state index < -0.39 is 0 Å². The lowest BCUT2D eigenvalue weighted by molar-refractivity contribution is 0.102. The highest BCUT2D eigenvalue weighted by molar-refractivity contribution is 6.31. The van der Waals surface area contributed by atoms with Gasteiger partial charge in [-0.05, 0) is 43.2 Å². The lowest BCUT2D eigenvalue weighted by Crippen LogP contribution is -2.23. The number of hydrogen-bond acceptors (Lipinski definition) is 5. The molecule has 0 spiro atoms. The number of anilines is 2. The Kier molecular flexibility index (Phi) is 4.81. The zero-order chi connectivity index (χ0) is 18.8. The second-order valence-electron chi connectivity index (χ2n) is 6.38. The number of carbonyl (C=O) groups excluding carboxylic acids is 1. The van der Waals surface area contributed by atoms with Crippen molar-refractivity contribution < 1.29 is 9.53 Å². The van der Waals surface area contributed by atoms with Crippen molar-refractivity contribution in [2.45, 2.75) is 12.8 Å². The summed E-state index contributed by atoms with van der Waals surface area (Å²) in [6, 6.07) is 12.6. The summed E-state index contributed by atoms with van der Waals surface area (Å²) in [6.45, 7) is 1.80. The smallest absolute Gasteiger partial charge is 0.260 e. The van der Waals surface area contributed by atoms with Gasteiger partial charge in [-0.25, -0.2) is 9.97 Å². The first-order valence-electron chi connectivity index (χ1n) is 8.82. The van der Waals surface area contributed by atoms with E-state index in [1.165, 1.54) is 7.11 Å². The largest absolute Gasteiger partial charge is 0.496 e. The Hall–Kier alpha value is -2.86. The minimum atomic E-state index is -0.334. The number of hydrogen-bond donors (Lipinski definition) is 1. The van der Waals surface area contributed by atoms with Crippen LogP contribution < -0.4 is 15.0 Å². The molecule has 138 valence electrons. The van der Waals surface area contributed by atoms with E-state index in [0.29, 0.717) is 28.0 Å². The molecule has 3 aromatic rings. The van der Waals surface area contributed by atoms with Crippen molar-refractivity contribution in [2.75, 3.05) is 30.4 Å². The highest BCUT2D eigenvalue weighted by Crippen LogP contribution is 2.29. The minimum absolute atomic E-state index is 0.334. The van der Waals surface area contributed by atoms with Gasteiger partial charge in [0.25, 0.3) is 5.91 Å². The Labute approximate surface area is 162 Å². The van der Waals surface area contributed by atoms with E-state index in [1.54, 1.807) is 18.2 Å². The molecule has 6 nitrogen and oxygen atoms in total. The van der Waals surface area contributed by atoms with Gasteiger partial charge in [0.2, 0.25) is 0 Å². The molecule has 1 aliphatic rings. The van der Waals surface area contributed by atoms with Gasteiger partial charge in [0.05, 0.1) is 23.7 Å². The van der Waals surface area contributed by atoms with Crippen LogP contribution >= 0.6 is 11.6 Å². The van der Waals surface area contributed by atoms with Gasteiger partial charge in [-0.1, -0.05) is 23.7 Å². The van der Waals surface area contributed by atoms with Crippen LogP contribution in [0.15, 0.2) is 42.5 Å². The Morgan fingerprint density at radius 2 is 1.81 bits per heavy atom. The van der Waals surface area contributed by atoms with Crippen LogP contribution in [0, 0.1) is 0 Å². The number of halogens is 1. The topological polar surface area (TPSA) is 67.3 Å². The maximum atomic E-state index is 12.9. The molecule has 4 rings (SSSR count). The number of nitrogens with one attached hydrogen (secondary N) is 1. The number of nitrogens with zero attached hydrogens (tertiary/aromatic N) is 3. The quantitative estimate of drug-likeness (QED) is 0.734. The van der Waals surface area contributed by atoms with Crippen molar-refractivity contribution in [1.29, 1.82) is 0 Å². The van der Waals surface area contributed by atoms with Crippen molar-refractivity contribution in [1.82, 2.24) is 9.97 Å². The van der Waals surface area contributed by atoms with Gasteiger partial charge in [-0.2, -0.15) is 0 Å². The van der Waals surface area contributed by atoms with Gasteiger partial charge in [-0.15, -0.1) is 0 Å². The molecule has 1 saturated heterocycles. The first-order valence-corrected chi connectivity index (χ1v) is 9.20. The number of amides is 1. The number of aromatic nitrogens is 2. The van der Waals surface area contributed by atoms with Crippen molar-refractivity contribution in [3.8, 4) is 5.75 Å². The zero-order valence-electron chi connectivity index (χ0n) is 14.9. The number of para-hydroxylation sites is 2. The molecular formula is C20H19ClN4O2. The lowest BCUT2D eigenvalue weighted by atomic mass is 10.2. The van der Waals surface area contributed by atoms with Crippen LogP contribution in [0.1, 0.15) is 23.2 Å². The van der Waals surface area contributed by atoms with Gasteiger partial charge < -0.3 is 15.0 Å². The van der Waals surface area contributed by atoms with E-state index in [2.05, 4.69) is 15.2 Å². The number of rotatable bonds is 4. The second-order valence-corrected chi connectivity index (χ2v) is 6.81. The summed E-state index contributed by atoms with van der Waals surface area (Å²) >= 11 is 6.06. The third-order valence-electron chi connectivity index (χ3n) is 4.60. The highest BCUT2D eigenvalue weighted by Gasteiger charge is 2.22. The van der Waals surface area contributed by atoms with E-state index in [9.17, 15) is 4.79 Å². The van der Waals surface area contributed by atoms with E-state index in [0.717, 1.165) is 37.0 Å². The molecule has 0 aliphatic carbocycles. The van der Waals surface area contributed by atoms with Crippen LogP contribution in [-0.2, 0) is 0 Å². The van der Waals surface area contributed by atoms with Gasteiger partial charge in [0.15, 0.2) is 11.6 Å². The summed E-state index contributed by atoms with van der Waals surface area (Å²) in [5.74, 6) is 1.26. The lowest BCUT2D eigenvalue weighted by Gasteiger charge is -2.20. The maximum Gasteiger partial charge on any atom is 0.260 e. The van der Waals surface area contributed by atoms with Gasteiger partial charge in [0, 0.05) is 18.1 Å². The van der Waals surface area contributed by atoms with E-state index in [1.807, 2.05) is 24.3 Å². The molecule has 2 aromatic carbocycles. The average Bonchev–Trinajstić information content (AvgIpc) is 3.22. The molecule has 0 atom stereocenters. The van der Waals surface area contributed by atoms with Crippen molar-refractivity contribution in [2.24, 2.45) is 0 Å². The van der Waals surface area contributed by atoms with Gasteiger partial charge in [0.1, 0.15) is 5.75 Å². The normalized spacial score (nSPS) is 13.8. The van der Waals surface area contributed by atoms with Crippen molar-refractivity contribution in [3.05, 3.63) is 53.1 Å². The Morgan fingerprint density at radius 3 is 2.52 bits per heavy atom. The molecule has 0 saturated carbocycles. The molecule has 2 heterocycles. The van der Waals surface area contributed by atoms with Gasteiger partial charge in [-0.3, -0.25) is 4.79 Å². The van der Waals surface area contributed by atoms with Crippen LogP contribution in [0.3, 0.4) is 0 Å². The number of benzene rings is 2. The number of methoxy groups -OCH3 is 1. The molecule has 0 radical (unpaired) electrons. The third kappa shape index (κ3) is 3.53. The average molecular weight is 383 g/mol. The summed E-state index contributed by atoms with van der Waals surface area (Å²) in [4.78, 5) is 24.5. The Balaban J connectivity index is 1.75. The fourth-order valence-electron chi connectivity index (χ4n) is 3.26. The number of carbonyl (C=O) groups is 1. The van der Waals surface area contributed by atoms with E-state index in [4.69, 9.17) is 21.3 Å². The highest BCUT2D eigenvalue weighted by atomic mass is 35.5. The summed E-state index contributed by atoms with van der Waals surface area (Å²) in [5, 5.41) is 3.37. The van der Waals surface area contributed by atoms with Crippen LogP contribution in [0.25, 0.3) is 11.0 Å². The van der Waals surface area contributed by atoms with Crippen LogP contribution in [-0.4, -0.2) is 36.1 Å². The molecule has 0 unspecified atom stereocenters. The number of ether oxygens (including phenoxy) is 1. The fraction of sp³-hybridized carbons (Fsp3) is 0.250. The standard InChI is InChI=1S/C20H19ClN4O2/c1-27-17-9-8-13(21)12-14(17)20(26)24-18-19(25-10-4-5-11-25)23-16-7-3-2-6-15(16)22-18/h2-3,6-9,12H,4-5,10-11H2,1H3,(H,22,24,26). The molecule has 7 heteroatoms. The molecule has 0 bridgehead atoms. The maximum absolute atomic E-state index is 12.9. The molecule has 1 aliphatic heterocycles. The third-order valence-corrected chi connectivity index (χ3v) is 4.83. The van der Waals surface area contributed by atoms with E-state index >= 15 is 0 Å². The molecule has 1 aromatic heterocycles. The predicted molar refractivity (Wildman–Crippen MR) is 107 cm³/mol. The van der Waals surface area contributed by atoms with E-state index in [-0.39, 0.29) is 5.91 Å². The molecule has 27 heavy (non-hydrogen) atoms. The van der Waals surface area contributed by atoms with Crippen LogP contribution in [0.4, 0.5) is 11.6 Å². The van der Waals surface area contributed by atoms with Crippen LogP contribution in [0.5, 0.6) is 5.75 Å². The summed E-state index contributed by atoms with van der Waals surface area (Å²) in [7, 11) is 1.52. The van der Waals surface area contributed by atoms with Crippen molar-refractivity contribution in [3.63, 3.8) is 0 Å². The second kappa shape index (κ2) is 7.40. The zero-order valence-corrected chi connectivity index (χ0v) is 15.7.